The Morgan fingerprint density at radius 1 is 1.04 bits per heavy atom. The van der Waals surface area contributed by atoms with Gasteiger partial charge in [0.15, 0.2) is 0 Å². The van der Waals surface area contributed by atoms with Crippen molar-refractivity contribution >= 4 is 5.97 Å². The summed E-state index contributed by atoms with van der Waals surface area (Å²) >= 11 is 0. The van der Waals surface area contributed by atoms with Gasteiger partial charge in [-0.15, -0.1) is 0 Å². The second-order valence-electron chi connectivity index (χ2n) is 7.31. The van der Waals surface area contributed by atoms with Crippen molar-refractivity contribution in [2.24, 2.45) is 0 Å². The van der Waals surface area contributed by atoms with Crippen LogP contribution in [0.1, 0.15) is 59.8 Å². The van der Waals surface area contributed by atoms with Crippen molar-refractivity contribution in [1.29, 1.82) is 0 Å². The predicted octanol–water partition coefficient (Wildman–Crippen LogP) is 3.28. The minimum absolute atomic E-state index is 0.0281. The van der Waals surface area contributed by atoms with E-state index in [2.05, 4.69) is 18.2 Å². The molecule has 0 saturated heterocycles. The minimum Gasteiger partial charge on any atom is -0.465 e. The summed E-state index contributed by atoms with van der Waals surface area (Å²) in [6, 6.07) is 16.7. The molecule has 1 aliphatic carbocycles. The van der Waals surface area contributed by atoms with E-state index in [0.29, 0.717) is 11.6 Å². The lowest BCUT2D eigenvalue weighted by atomic mass is 9.92. The largest absolute Gasteiger partial charge is 0.465 e. The van der Waals surface area contributed by atoms with Crippen molar-refractivity contribution in [2.75, 3.05) is 7.11 Å². The first-order chi connectivity index (χ1) is 12.8. The molecule has 2 atom stereocenters. The zero-order valence-corrected chi connectivity index (χ0v) is 15.2. The van der Waals surface area contributed by atoms with Crippen molar-refractivity contribution in [3.63, 3.8) is 0 Å². The summed E-state index contributed by atoms with van der Waals surface area (Å²) in [7, 11) is 1.41. The summed E-state index contributed by atoms with van der Waals surface area (Å²) in [5.41, 5.74) is 2.98. The molecule has 0 aromatic heterocycles. The van der Waals surface area contributed by atoms with Crippen LogP contribution < -0.4 is 9.64 Å². The van der Waals surface area contributed by atoms with E-state index >= 15 is 0 Å². The molecule has 1 N–H and O–H groups in total. The lowest BCUT2D eigenvalue weighted by molar-refractivity contribution is -0.991. The van der Waals surface area contributed by atoms with Gasteiger partial charge in [0.25, 0.3) is 6.23 Å². The average Bonchev–Trinajstić information content (AvgIpc) is 2.73. The number of rotatable bonds is 3. The molecule has 1 unspecified atom stereocenters. The number of carbonyl (C=O) groups is 1. The highest BCUT2D eigenvalue weighted by molar-refractivity contribution is 5.89. The maximum absolute atomic E-state index is 11.7. The van der Waals surface area contributed by atoms with Crippen molar-refractivity contribution in [1.82, 2.24) is 0 Å². The van der Waals surface area contributed by atoms with Gasteiger partial charge in [-0.05, 0) is 62.1 Å². The third-order valence-corrected chi connectivity index (χ3v) is 5.71. The normalized spacial score (nSPS) is 23.0. The number of hydrogen-bond donors (Lipinski definition) is 1. The highest BCUT2D eigenvalue weighted by Gasteiger charge is 2.38. The highest BCUT2D eigenvalue weighted by atomic mass is 16.5. The summed E-state index contributed by atoms with van der Waals surface area (Å²) in [4.78, 5) is 13.2. The molecule has 4 nitrogen and oxygen atoms in total. The maximum Gasteiger partial charge on any atom is 0.337 e. The van der Waals surface area contributed by atoms with Gasteiger partial charge in [0.2, 0.25) is 0 Å². The quantitative estimate of drug-likeness (QED) is 0.862. The summed E-state index contributed by atoms with van der Waals surface area (Å²) in [5.74, 6) is 0.678. The molecule has 0 radical (unpaired) electrons. The number of quaternary nitrogens is 1. The standard InChI is InChI=1S/C22H25NO3/c1-25-22(24)17-13-11-16(12-14-17)21-23(19-8-3-2-4-9-19)15-18-7-5-6-10-20(18)26-21/h5-7,10-14,19,21H,2-4,8-9,15H2,1H3/p+1/t21-/m0/s1. The van der Waals surface area contributed by atoms with E-state index in [0.717, 1.165) is 17.9 Å². The highest BCUT2D eigenvalue weighted by Crippen LogP contribution is 2.28. The van der Waals surface area contributed by atoms with Gasteiger partial charge < -0.3 is 9.47 Å². The molecule has 2 aliphatic rings. The lowest BCUT2D eigenvalue weighted by Gasteiger charge is -2.40. The Morgan fingerprint density at radius 3 is 2.50 bits per heavy atom. The Hall–Kier alpha value is -2.33. The smallest absolute Gasteiger partial charge is 0.337 e. The Labute approximate surface area is 154 Å². The number of nitrogens with one attached hydrogen (secondary N) is 1. The van der Waals surface area contributed by atoms with E-state index in [1.54, 1.807) is 0 Å². The molecule has 0 bridgehead atoms. The fraction of sp³-hybridized carbons (Fsp3) is 0.409. The Bertz CT molecular complexity index is 765. The first-order valence-corrected chi connectivity index (χ1v) is 9.54. The van der Waals surface area contributed by atoms with Crippen molar-refractivity contribution in [3.8, 4) is 5.75 Å². The van der Waals surface area contributed by atoms with Crippen molar-refractivity contribution < 1.29 is 19.2 Å². The Kier molecular flexibility index (Phi) is 4.93. The zero-order chi connectivity index (χ0) is 17.9. The molecule has 4 rings (SSSR count). The van der Waals surface area contributed by atoms with Crippen LogP contribution in [0.5, 0.6) is 5.75 Å². The number of fused-ring (bicyclic) bond motifs is 1. The van der Waals surface area contributed by atoms with E-state index in [-0.39, 0.29) is 12.2 Å². The van der Waals surface area contributed by atoms with Gasteiger partial charge in [-0.3, -0.25) is 4.90 Å². The van der Waals surface area contributed by atoms with Gasteiger partial charge in [-0.2, -0.15) is 0 Å². The molecule has 26 heavy (non-hydrogen) atoms. The summed E-state index contributed by atoms with van der Waals surface area (Å²) in [6.07, 6.45) is 6.46. The van der Waals surface area contributed by atoms with E-state index in [1.165, 1.54) is 49.7 Å². The van der Waals surface area contributed by atoms with E-state index in [9.17, 15) is 4.79 Å². The van der Waals surface area contributed by atoms with Gasteiger partial charge in [0.05, 0.1) is 24.3 Å². The molecule has 1 fully saturated rings. The summed E-state index contributed by atoms with van der Waals surface area (Å²) < 4.78 is 11.3. The van der Waals surface area contributed by atoms with Gasteiger partial charge in [0.1, 0.15) is 12.3 Å². The molecular weight excluding hydrogens is 326 g/mol. The summed E-state index contributed by atoms with van der Waals surface area (Å²) in [5, 5.41) is 0. The Morgan fingerprint density at radius 2 is 1.77 bits per heavy atom. The minimum atomic E-state index is -0.303. The number of benzene rings is 2. The van der Waals surface area contributed by atoms with E-state index in [4.69, 9.17) is 9.47 Å². The number of esters is 1. The first kappa shape index (κ1) is 17.1. The maximum atomic E-state index is 11.7. The molecular formula is C22H26NO3+. The third kappa shape index (κ3) is 3.34. The van der Waals surface area contributed by atoms with Gasteiger partial charge in [-0.25, -0.2) is 4.79 Å². The molecule has 2 aromatic rings. The van der Waals surface area contributed by atoms with E-state index < -0.39 is 0 Å². The van der Waals surface area contributed by atoms with Crippen LogP contribution >= 0.6 is 0 Å². The predicted molar refractivity (Wildman–Crippen MR) is 99.1 cm³/mol. The van der Waals surface area contributed by atoms with Crippen LogP contribution in [0.15, 0.2) is 48.5 Å². The van der Waals surface area contributed by atoms with Gasteiger partial charge in [-0.1, -0.05) is 18.6 Å². The number of ether oxygens (including phenoxy) is 2. The fourth-order valence-electron chi connectivity index (χ4n) is 4.31. The molecule has 1 aliphatic heterocycles. The lowest BCUT2D eigenvalue weighted by Crippen LogP contribution is -3.16. The molecule has 1 heterocycles. The number of carbonyl (C=O) groups excluding carboxylic acids is 1. The fourth-order valence-corrected chi connectivity index (χ4v) is 4.31. The van der Waals surface area contributed by atoms with Crippen molar-refractivity contribution in [2.45, 2.75) is 50.9 Å². The van der Waals surface area contributed by atoms with Crippen LogP contribution in [0, 0.1) is 0 Å². The second-order valence-corrected chi connectivity index (χ2v) is 7.31. The van der Waals surface area contributed by atoms with Crippen LogP contribution in [-0.4, -0.2) is 19.1 Å². The monoisotopic (exact) mass is 352 g/mol. The molecule has 136 valence electrons. The zero-order valence-electron chi connectivity index (χ0n) is 15.2. The van der Waals surface area contributed by atoms with E-state index in [1.807, 2.05) is 30.3 Å². The van der Waals surface area contributed by atoms with Crippen molar-refractivity contribution in [3.05, 3.63) is 65.2 Å². The second kappa shape index (κ2) is 7.50. The number of methoxy groups -OCH3 is 1. The SMILES string of the molecule is COC(=O)c1ccc([C@@H]2Oc3ccccc3C[NH+]2C2CCCCC2)cc1. The summed E-state index contributed by atoms with van der Waals surface area (Å²) in [6.45, 7) is 0.990. The average molecular weight is 352 g/mol. The molecule has 2 aromatic carbocycles. The van der Waals surface area contributed by atoms with Crippen LogP contribution in [0.25, 0.3) is 0 Å². The van der Waals surface area contributed by atoms with Gasteiger partial charge in [0, 0.05) is 5.56 Å². The van der Waals surface area contributed by atoms with Gasteiger partial charge >= 0.3 is 5.97 Å². The molecule has 0 spiro atoms. The van der Waals surface area contributed by atoms with Crippen LogP contribution in [-0.2, 0) is 11.3 Å². The van der Waals surface area contributed by atoms with Crippen LogP contribution in [0.3, 0.4) is 0 Å². The first-order valence-electron chi connectivity index (χ1n) is 9.54. The number of para-hydroxylation sites is 1. The number of hydrogen-bond acceptors (Lipinski definition) is 3. The molecule has 1 saturated carbocycles. The van der Waals surface area contributed by atoms with Crippen LogP contribution in [0.2, 0.25) is 0 Å². The Balaban J connectivity index is 1.65. The molecule has 4 heteroatoms. The van der Waals surface area contributed by atoms with Crippen LogP contribution in [0.4, 0.5) is 0 Å². The topological polar surface area (TPSA) is 40.0 Å². The third-order valence-electron chi connectivity index (χ3n) is 5.71. The molecule has 0 amide bonds.